The average Bonchev–Trinajstić information content (AvgIpc) is 3.02. The SMILES string of the molecule is CCNC(=NCCc1ncc(C)s1)NCCC(=O)Nc1ccc(C)cn1. The van der Waals surface area contributed by atoms with Crippen LogP contribution in [-0.4, -0.2) is 41.5 Å². The molecule has 0 saturated carbocycles. The van der Waals surface area contributed by atoms with Gasteiger partial charge in [0.25, 0.3) is 0 Å². The zero-order valence-corrected chi connectivity index (χ0v) is 16.3. The minimum atomic E-state index is -0.0806. The van der Waals surface area contributed by atoms with Crippen molar-refractivity contribution in [2.45, 2.75) is 33.6 Å². The standard InChI is InChI=1S/C18H26N6OS/c1-4-19-18(21-10-8-17-23-12-14(3)26-17)20-9-7-16(25)24-15-6-5-13(2)11-22-15/h5-6,11-12H,4,7-10H2,1-3H3,(H2,19,20,21)(H,22,24,25). The number of guanidine groups is 1. The number of aromatic nitrogens is 2. The molecule has 0 aliphatic heterocycles. The quantitative estimate of drug-likeness (QED) is 0.487. The zero-order valence-electron chi connectivity index (χ0n) is 15.5. The van der Waals surface area contributed by atoms with Crippen LogP contribution in [-0.2, 0) is 11.2 Å². The van der Waals surface area contributed by atoms with E-state index in [2.05, 4.69) is 30.9 Å². The van der Waals surface area contributed by atoms with Crippen molar-refractivity contribution in [3.8, 4) is 0 Å². The highest BCUT2D eigenvalue weighted by Crippen LogP contribution is 2.11. The van der Waals surface area contributed by atoms with E-state index in [1.54, 1.807) is 23.6 Å². The fraction of sp³-hybridized carbons (Fsp3) is 0.444. The Hall–Kier alpha value is -2.48. The molecule has 0 aromatic carbocycles. The van der Waals surface area contributed by atoms with Gasteiger partial charge >= 0.3 is 0 Å². The van der Waals surface area contributed by atoms with Gasteiger partial charge < -0.3 is 16.0 Å². The maximum atomic E-state index is 12.0. The number of anilines is 1. The largest absolute Gasteiger partial charge is 0.357 e. The Labute approximate surface area is 158 Å². The number of hydrogen-bond donors (Lipinski definition) is 3. The number of pyridine rings is 1. The van der Waals surface area contributed by atoms with E-state index in [1.807, 2.05) is 33.0 Å². The number of aliphatic imine (C=N–C) groups is 1. The molecule has 8 heteroatoms. The molecule has 0 spiro atoms. The number of carbonyl (C=O) groups excluding carboxylic acids is 1. The van der Waals surface area contributed by atoms with Gasteiger partial charge in [-0.25, -0.2) is 9.97 Å². The van der Waals surface area contributed by atoms with E-state index in [0.717, 1.165) is 23.5 Å². The van der Waals surface area contributed by atoms with E-state index < -0.39 is 0 Å². The van der Waals surface area contributed by atoms with Crippen molar-refractivity contribution in [3.05, 3.63) is 40.0 Å². The van der Waals surface area contributed by atoms with Crippen molar-refractivity contribution in [1.29, 1.82) is 0 Å². The Morgan fingerprint density at radius 2 is 2.04 bits per heavy atom. The first-order valence-electron chi connectivity index (χ1n) is 8.73. The lowest BCUT2D eigenvalue weighted by Gasteiger charge is -2.11. The summed E-state index contributed by atoms with van der Waals surface area (Å²) in [6.45, 7) is 7.94. The predicted octanol–water partition coefficient (Wildman–Crippen LogP) is 2.28. The van der Waals surface area contributed by atoms with E-state index in [1.165, 1.54) is 4.88 Å². The van der Waals surface area contributed by atoms with E-state index in [-0.39, 0.29) is 5.91 Å². The van der Waals surface area contributed by atoms with Crippen LogP contribution in [0.15, 0.2) is 29.5 Å². The Morgan fingerprint density at radius 3 is 2.69 bits per heavy atom. The molecule has 2 aromatic heterocycles. The summed E-state index contributed by atoms with van der Waals surface area (Å²) in [5.41, 5.74) is 1.06. The topological polar surface area (TPSA) is 91.3 Å². The van der Waals surface area contributed by atoms with Gasteiger partial charge in [-0.2, -0.15) is 0 Å². The number of hydrogen-bond acceptors (Lipinski definition) is 5. The molecule has 0 bridgehead atoms. The molecule has 0 saturated heterocycles. The van der Waals surface area contributed by atoms with Gasteiger partial charge in [-0.3, -0.25) is 9.79 Å². The predicted molar refractivity (Wildman–Crippen MR) is 107 cm³/mol. The first kappa shape index (κ1) is 19.8. The molecule has 0 fully saturated rings. The number of carbonyl (C=O) groups is 1. The van der Waals surface area contributed by atoms with E-state index in [9.17, 15) is 4.79 Å². The molecule has 0 aliphatic rings. The number of rotatable bonds is 8. The van der Waals surface area contributed by atoms with E-state index in [0.29, 0.717) is 31.3 Å². The van der Waals surface area contributed by atoms with Gasteiger partial charge in [0.1, 0.15) is 5.82 Å². The van der Waals surface area contributed by atoms with Gasteiger partial charge in [0.15, 0.2) is 5.96 Å². The molecule has 2 aromatic rings. The summed E-state index contributed by atoms with van der Waals surface area (Å²) in [4.78, 5) is 26.2. The molecular formula is C18H26N6OS. The zero-order chi connectivity index (χ0) is 18.8. The van der Waals surface area contributed by atoms with Crippen LogP contribution in [0.2, 0.25) is 0 Å². The number of aryl methyl sites for hydroxylation is 2. The van der Waals surface area contributed by atoms with Crippen LogP contribution in [0, 0.1) is 13.8 Å². The third-order valence-corrected chi connectivity index (χ3v) is 4.40. The van der Waals surface area contributed by atoms with Crippen LogP contribution in [0.4, 0.5) is 5.82 Å². The third kappa shape index (κ3) is 7.18. The van der Waals surface area contributed by atoms with Gasteiger partial charge in [0.2, 0.25) is 5.91 Å². The number of nitrogens with zero attached hydrogens (tertiary/aromatic N) is 3. The fourth-order valence-corrected chi connectivity index (χ4v) is 2.94. The van der Waals surface area contributed by atoms with Gasteiger partial charge in [0, 0.05) is 49.7 Å². The normalized spacial score (nSPS) is 11.3. The maximum absolute atomic E-state index is 12.0. The monoisotopic (exact) mass is 374 g/mol. The van der Waals surface area contributed by atoms with Gasteiger partial charge in [-0.05, 0) is 32.4 Å². The summed E-state index contributed by atoms with van der Waals surface area (Å²) >= 11 is 1.70. The van der Waals surface area contributed by atoms with Crippen molar-refractivity contribution in [1.82, 2.24) is 20.6 Å². The molecule has 3 N–H and O–H groups in total. The summed E-state index contributed by atoms with van der Waals surface area (Å²) in [5.74, 6) is 1.20. The summed E-state index contributed by atoms with van der Waals surface area (Å²) in [5, 5.41) is 10.2. The lowest BCUT2D eigenvalue weighted by molar-refractivity contribution is -0.116. The van der Waals surface area contributed by atoms with Crippen molar-refractivity contribution < 1.29 is 4.79 Å². The van der Waals surface area contributed by atoms with Crippen LogP contribution in [0.3, 0.4) is 0 Å². The summed E-state index contributed by atoms with van der Waals surface area (Å²) < 4.78 is 0. The molecule has 1 amide bonds. The molecule has 2 heterocycles. The Morgan fingerprint density at radius 1 is 1.19 bits per heavy atom. The first-order valence-corrected chi connectivity index (χ1v) is 9.54. The van der Waals surface area contributed by atoms with Crippen molar-refractivity contribution in [3.63, 3.8) is 0 Å². The molecule has 0 atom stereocenters. The third-order valence-electron chi connectivity index (χ3n) is 3.43. The van der Waals surface area contributed by atoms with Crippen molar-refractivity contribution in [2.75, 3.05) is 25.0 Å². The summed E-state index contributed by atoms with van der Waals surface area (Å²) in [7, 11) is 0. The Balaban J connectivity index is 1.73. The highest BCUT2D eigenvalue weighted by molar-refractivity contribution is 7.11. The number of amides is 1. The lowest BCUT2D eigenvalue weighted by atomic mass is 10.3. The molecule has 0 radical (unpaired) electrons. The highest BCUT2D eigenvalue weighted by atomic mass is 32.1. The summed E-state index contributed by atoms with van der Waals surface area (Å²) in [6.07, 6.45) is 4.77. The first-order chi connectivity index (χ1) is 12.6. The van der Waals surface area contributed by atoms with Crippen molar-refractivity contribution >= 4 is 29.0 Å². The number of thiazole rings is 1. The average molecular weight is 375 g/mol. The van der Waals surface area contributed by atoms with Crippen LogP contribution >= 0.6 is 11.3 Å². The van der Waals surface area contributed by atoms with Gasteiger partial charge in [-0.1, -0.05) is 6.07 Å². The minimum absolute atomic E-state index is 0.0806. The van der Waals surface area contributed by atoms with E-state index in [4.69, 9.17) is 0 Å². The molecule has 140 valence electrons. The van der Waals surface area contributed by atoms with Crippen LogP contribution < -0.4 is 16.0 Å². The van der Waals surface area contributed by atoms with Crippen LogP contribution in [0.25, 0.3) is 0 Å². The molecule has 0 unspecified atom stereocenters. The van der Waals surface area contributed by atoms with Crippen molar-refractivity contribution in [2.24, 2.45) is 4.99 Å². The number of nitrogens with one attached hydrogen (secondary N) is 3. The Kier molecular flexibility index (Phi) is 8.01. The molecular weight excluding hydrogens is 348 g/mol. The van der Waals surface area contributed by atoms with Gasteiger partial charge in [0.05, 0.1) is 5.01 Å². The molecule has 7 nitrogen and oxygen atoms in total. The van der Waals surface area contributed by atoms with E-state index >= 15 is 0 Å². The fourth-order valence-electron chi connectivity index (χ4n) is 2.16. The van der Waals surface area contributed by atoms with Crippen LogP contribution in [0.5, 0.6) is 0 Å². The minimum Gasteiger partial charge on any atom is -0.357 e. The molecule has 2 rings (SSSR count). The second-order valence-corrected chi connectivity index (χ2v) is 7.14. The Bertz CT molecular complexity index is 726. The maximum Gasteiger partial charge on any atom is 0.227 e. The smallest absolute Gasteiger partial charge is 0.227 e. The molecule has 26 heavy (non-hydrogen) atoms. The second kappa shape index (κ2) is 10.5. The summed E-state index contributed by atoms with van der Waals surface area (Å²) in [6, 6.07) is 3.72. The highest BCUT2D eigenvalue weighted by Gasteiger charge is 2.04. The van der Waals surface area contributed by atoms with Crippen LogP contribution in [0.1, 0.15) is 28.8 Å². The second-order valence-electron chi connectivity index (χ2n) is 5.82. The lowest BCUT2D eigenvalue weighted by Crippen LogP contribution is -2.38. The molecule has 0 aliphatic carbocycles. The van der Waals surface area contributed by atoms with Gasteiger partial charge in [-0.15, -0.1) is 11.3 Å².